The lowest BCUT2D eigenvalue weighted by Crippen LogP contribution is -2.38. The van der Waals surface area contributed by atoms with Crippen LogP contribution in [-0.4, -0.2) is 24.0 Å². The van der Waals surface area contributed by atoms with E-state index in [9.17, 15) is 4.79 Å². The van der Waals surface area contributed by atoms with Gasteiger partial charge in [-0.25, -0.2) is 0 Å². The van der Waals surface area contributed by atoms with E-state index in [1.54, 1.807) is 24.5 Å². The highest BCUT2D eigenvalue weighted by Crippen LogP contribution is 2.30. The maximum Gasteiger partial charge on any atom is 0.253 e. The van der Waals surface area contributed by atoms with Gasteiger partial charge in [0.1, 0.15) is 0 Å². The molecule has 28 heavy (non-hydrogen) atoms. The highest BCUT2D eigenvalue weighted by Gasteiger charge is 2.28. The Morgan fingerprint density at radius 1 is 1.07 bits per heavy atom. The van der Waals surface area contributed by atoms with Gasteiger partial charge in [0, 0.05) is 30.2 Å². The second-order valence-corrected chi connectivity index (χ2v) is 7.31. The molecule has 4 nitrogen and oxygen atoms in total. The molecule has 0 bridgehead atoms. The van der Waals surface area contributed by atoms with Crippen LogP contribution in [0.4, 0.5) is 5.69 Å². The van der Waals surface area contributed by atoms with Crippen LogP contribution >= 0.6 is 11.6 Å². The largest absolute Gasteiger partial charge is 0.346 e. The van der Waals surface area contributed by atoms with Crippen LogP contribution in [0.2, 0.25) is 5.02 Å². The molecule has 0 saturated carbocycles. The summed E-state index contributed by atoms with van der Waals surface area (Å²) in [6.45, 7) is 4.22. The van der Waals surface area contributed by atoms with Crippen LogP contribution in [0.1, 0.15) is 15.9 Å². The topological polar surface area (TPSA) is 45.2 Å². The molecule has 0 saturated heterocycles. The number of carbonyl (C=O) groups excluding carboxylic acids is 1. The SMILES string of the molecule is C=C1C(Cc2ccc(-c3ccncc3)cc2)NC(=O)c2cc(Cl)ccc2N1C. The lowest BCUT2D eigenvalue weighted by molar-refractivity contribution is 0.0945. The predicted molar refractivity (Wildman–Crippen MR) is 114 cm³/mol. The highest BCUT2D eigenvalue weighted by atomic mass is 35.5. The van der Waals surface area contributed by atoms with Crippen LogP contribution in [0.5, 0.6) is 0 Å². The number of fused-ring (bicyclic) bond motifs is 1. The first-order valence-electron chi connectivity index (χ1n) is 9.05. The third-order valence-electron chi connectivity index (χ3n) is 5.11. The van der Waals surface area contributed by atoms with Crippen LogP contribution in [0.3, 0.4) is 0 Å². The van der Waals surface area contributed by atoms with Gasteiger partial charge in [-0.3, -0.25) is 9.78 Å². The van der Waals surface area contributed by atoms with Crippen molar-refractivity contribution in [3.63, 3.8) is 0 Å². The number of rotatable bonds is 3. The van der Waals surface area contributed by atoms with Crippen molar-refractivity contribution >= 4 is 23.2 Å². The maximum atomic E-state index is 12.7. The fourth-order valence-corrected chi connectivity index (χ4v) is 3.64. The lowest BCUT2D eigenvalue weighted by atomic mass is 10.00. The zero-order valence-corrected chi connectivity index (χ0v) is 16.3. The van der Waals surface area contributed by atoms with E-state index in [2.05, 4.69) is 41.1 Å². The maximum absolute atomic E-state index is 12.7. The Morgan fingerprint density at radius 3 is 2.46 bits per heavy atom. The molecule has 0 fully saturated rings. The Morgan fingerprint density at radius 2 is 1.75 bits per heavy atom. The molecule has 1 N–H and O–H groups in total. The van der Waals surface area contributed by atoms with Crippen molar-refractivity contribution in [3.8, 4) is 11.1 Å². The highest BCUT2D eigenvalue weighted by molar-refractivity contribution is 6.31. The molecule has 1 aliphatic heterocycles. The molecule has 1 aromatic heterocycles. The van der Waals surface area contributed by atoms with E-state index in [1.165, 1.54) is 0 Å². The number of likely N-dealkylation sites (N-methyl/N-ethyl adjacent to an activating group) is 1. The number of amides is 1. The van der Waals surface area contributed by atoms with E-state index in [0.717, 1.165) is 28.1 Å². The summed E-state index contributed by atoms with van der Waals surface area (Å²) in [5.74, 6) is -0.138. The van der Waals surface area contributed by atoms with Crippen molar-refractivity contribution in [2.45, 2.75) is 12.5 Å². The molecule has 4 rings (SSSR count). The Kier molecular flexibility index (Phi) is 4.88. The number of aromatic nitrogens is 1. The minimum Gasteiger partial charge on any atom is -0.346 e. The van der Waals surface area contributed by atoms with Crippen LogP contribution in [0.25, 0.3) is 11.1 Å². The summed E-state index contributed by atoms with van der Waals surface area (Å²) in [4.78, 5) is 18.8. The summed E-state index contributed by atoms with van der Waals surface area (Å²) in [5.41, 5.74) is 5.60. The number of halogens is 1. The first kappa shape index (κ1) is 18.3. The minimum atomic E-state index is -0.199. The molecule has 2 heterocycles. The van der Waals surface area contributed by atoms with E-state index in [4.69, 9.17) is 11.6 Å². The number of hydrogen-bond acceptors (Lipinski definition) is 3. The number of nitrogens with zero attached hydrogens (tertiary/aromatic N) is 2. The van der Waals surface area contributed by atoms with E-state index >= 15 is 0 Å². The number of carbonyl (C=O) groups is 1. The molecular formula is C23H20ClN3O. The second kappa shape index (κ2) is 7.49. The summed E-state index contributed by atoms with van der Waals surface area (Å²) in [7, 11) is 1.93. The summed E-state index contributed by atoms with van der Waals surface area (Å²) in [6.07, 6.45) is 4.23. The summed E-state index contributed by atoms with van der Waals surface area (Å²) in [5, 5.41) is 3.63. The van der Waals surface area contributed by atoms with Crippen molar-refractivity contribution in [2.75, 3.05) is 11.9 Å². The van der Waals surface area contributed by atoms with Gasteiger partial charge in [0.05, 0.1) is 17.3 Å². The van der Waals surface area contributed by atoms with Gasteiger partial charge in [-0.15, -0.1) is 0 Å². The Balaban J connectivity index is 1.57. The molecule has 0 spiro atoms. The monoisotopic (exact) mass is 389 g/mol. The number of benzene rings is 2. The standard InChI is InChI=1S/C23H20ClN3O/c1-15-21(26-23(28)20-14-19(24)7-8-22(20)27(15)2)13-16-3-5-17(6-4-16)18-9-11-25-12-10-18/h3-12,14,21H,1,13H2,2H3,(H,26,28). The van der Waals surface area contributed by atoms with Crippen molar-refractivity contribution in [1.82, 2.24) is 10.3 Å². The van der Waals surface area contributed by atoms with Crippen molar-refractivity contribution in [1.29, 1.82) is 0 Å². The zero-order chi connectivity index (χ0) is 19.7. The van der Waals surface area contributed by atoms with E-state index in [0.29, 0.717) is 17.0 Å². The molecule has 5 heteroatoms. The molecule has 1 unspecified atom stereocenters. The van der Waals surface area contributed by atoms with Gasteiger partial charge in [-0.1, -0.05) is 42.4 Å². The zero-order valence-electron chi connectivity index (χ0n) is 15.5. The van der Waals surface area contributed by atoms with Crippen LogP contribution in [-0.2, 0) is 6.42 Å². The van der Waals surface area contributed by atoms with Gasteiger partial charge in [-0.2, -0.15) is 0 Å². The molecule has 3 aromatic rings. The van der Waals surface area contributed by atoms with E-state index in [1.807, 2.05) is 30.1 Å². The summed E-state index contributed by atoms with van der Waals surface area (Å²) in [6, 6.07) is 17.5. The smallest absolute Gasteiger partial charge is 0.253 e. The fourth-order valence-electron chi connectivity index (χ4n) is 3.47. The molecular weight excluding hydrogens is 370 g/mol. The Bertz CT molecular complexity index is 1030. The van der Waals surface area contributed by atoms with Gasteiger partial charge in [0.2, 0.25) is 0 Å². The molecule has 140 valence electrons. The first-order valence-corrected chi connectivity index (χ1v) is 9.43. The predicted octanol–water partition coefficient (Wildman–Crippen LogP) is 4.71. The Hall–Kier alpha value is -3.11. The lowest BCUT2D eigenvalue weighted by Gasteiger charge is -2.26. The minimum absolute atomic E-state index is 0.138. The van der Waals surface area contributed by atoms with Crippen molar-refractivity contribution in [3.05, 3.63) is 95.4 Å². The average Bonchev–Trinajstić information content (AvgIpc) is 2.80. The number of hydrogen-bond donors (Lipinski definition) is 1. The molecule has 2 aromatic carbocycles. The normalized spacial score (nSPS) is 16.4. The molecule has 1 aliphatic rings. The summed E-state index contributed by atoms with van der Waals surface area (Å²) < 4.78 is 0. The second-order valence-electron chi connectivity index (χ2n) is 6.87. The van der Waals surface area contributed by atoms with Crippen LogP contribution in [0.15, 0.2) is 79.3 Å². The molecule has 1 amide bonds. The average molecular weight is 390 g/mol. The van der Waals surface area contributed by atoms with E-state index < -0.39 is 0 Å². The van der Waals surface area contributed by atoms with Crippen LogP contribution in [0, 0.1) is 0 Å². The van der Waals surface area contributed by atoms with Gasteiger partial charge >= 0.3 is 0 Å². The fraction of sp³-hybridized carbons (Fsp3) is 0.130. The van der Waals surface area contributed by atoms with Gasteiger partial charge < -0.3 is 10.2 Å². The third-order valence-corrected chi connectivity index (χ3v) is 5.35. The van der Waals surface area contributed by atoms with Gasteiger partial charge in [0.15, 0.2) is 0 Å². The number of anilines is 1. The third kappa shape index (κ3) is 3.51. The number of nitrogens with one attached hydrogen (secondary N) is 1. The molecule has 0 aliphatic carbocycles. The molecule has 0 radical (unpaired) electrons. The van der Waals surface area contributed by atoms with Crippen LogP contribution < -0.4 is 10.2 Å². The van der Waals surface area contributed by atoms with Crippen molar-refractivity contribution < 1.29 is 4.79 Å². The van der Waals surface area contributed by atoms with Gasteiger partial charge in [0.25, 0.3) is 5.91 Å². The number of pyridine rings is 1. The van der Waals surface area contributed by atoms with E-state index in [-0.39, 0.29) is 11.9 Å². The van der Waals surface area contributed by atoms with Crippen molar-refractivity contribution in [2.24, 2.45) is 0 Å². The molecule has 1 atom stereocenters. The quantitative estimate of drug-likeness (QED) is 0.705. The van der Waals surface area contributed by atoms with Gasteiger partial charge in [-0.05, 0) is 53.4 Å². The first-order chi connectivity index (χ1) is 13.5. The Labute approximate surface area is 169 Å². The summed E-state index contributed by atoms with van der Waals surface area (Å²) >= 11 is 6.09.